The van der Waals surface area contributed by atoms with Gasteiger partial charge in [0.2, 0.25) is 0 Å². The lowest BCUT2D eigenvalue weighted by Gasteiger charge is -1.89. The molecule has 0 amide bonds. The first-order chi connectivity index (χ1) is 5.45. The number of hydrogen-bond acceptors (Lipinski definition) is 5. The Labute approximate surface area is 69.1 Å². The first-order valence-corrected chi connectivity index (χ1v) is 3.10. The molecule has 0 saturated carbocycles. The van der Waals surface area contributed by atoms with E-state index in [9.17, 15) is 9.59 Å². The summed E-state index contributed by atoms with van der Waals surface area (Å²) in [6.07, 6.45) is -2.14. The van der Waals surface area contributed by atoms with Crippen LogP contribution >= 0.6 is 0 Å². The smallest absolute Gasteiger partial charge is 0.332 e. The van der Waals surface area contributed by atoms with Crippen LogP contribution in [0.3, 0.4) is 0 Å². The van der Waals surface area contributed by atoms with Crippen molar-refractivity contribution in [3.05, 3.63) is 0 Å². The third-order valence-electron chi connectivity index (χ3n) is 0.702. The van der Waals surface area contributed by atoms with E-state index < -0.39 is 24.8 Å². The second-order valence-electron chi connectivity index (χ2n) is 1.90. The number of carbonyl (C=O) groups is 2. The quantitative estimate of drug-likeness (QED) is 0.373. The van der Waals surface area contributed by atoms with E-state index >= 15 is 0 Å². The molecule has 0 radical (unpaired) electrons. The molecule has 6 heteroatoms. The fourth-order valence-corrected chi connectivity index (χ4v) is 0.0430. The number of aliphatic hydroxyl groups excluding tert-OH is 3. The van der Waals surface area contributed by atoms with Crippen molar-refractivity contribution < 1.29 is 30.0 Å². The second kappa shape index (κ2) is 8.12. The SMILES string of the molecule is CC(O)C(=O)O.O=CC(O)CO. The van der Waals surface area contributed by atoms with Crippen molar-refractivity contribution in [3.63, 3.8) is 0 Å². The fraction of sp³-hybridized carbons (Fsp3) is 0.667. The normalized spacial score (nSPS) is 13.7. The number of carboxylic acids is 1. The molecule has 0 aliphatic heterocycles. The highest BCUT2D eigenvalue weighted by Crippen LogP contribution is 1.73. The van der Waals surface area contributed by atoms with Gasteiger partial charge in [0.15, 0.2) is 6.29 Å². The van der Waals surface area contributed by atoms with Gasteiger partial charge in [0.25, 0.3) is 0 Å². The molecular weight excluding hydrogens is 168 g/mol. The molecule has 0 aromatic carbocycles. The van der Waals surface area contributed by atoms with Crippen molar-refractivity contribution in [1.82, 2.24) is 0 Å². The molecule has 0 rings (SSSR count). The second-order valence-corrected chi connectivity index (χ2v) is 1.90. The lowest BCUT2D eigenvalue weighted by molar-refractivity contribution is -0.145. The number of carbonyl (C=O) groups excluding carboxylic acids is 1. The molecule has 6 nitrogen and oxygen atoms in total. The molecule has 0 fully saturated rings. The van der Waals surface area contributed by atoms with Gasteiger partial charge in [0.1, 0.15) is 12.2 Å². The topological polar surface area (TPSA) is 115 Å². The van der Waals surface area contributed by atoms with Gasteiger partial charge >= 0.3 is 5.97 Å². The number of rotatable bonds is 3. The summed E-state index contributed by atoms with van der Waals surface area (Å²) in [5.41, 5.74) is 0. The number of carboxylic acid groups (broad SMARTS) is 1. The molecular formula is C6H12O6. The molecule has 0 bridgehead atoms. The Kier molecular flexibility index (Phi) is 9.20. The van der Waals surface area contributed by atoms with E-state index in [1.165, 1.54) is 6.92 Å². The van der Waals surface area contributed by atoms with Crippen molar-refractivity contribution >= 4 is 12.3 Å². The van der Waals surface area contributed by atoms with Crippen molar-refractivity contribution in [3.8, 4) is 0 Å². The zero-order valence-corrected chi connectivity index (χ0v) is 6.54. The maximum Gasteiger partial charge on any atom is 0.332 e. The molecule has 4 N–H and O–H groups in total. The average molecular weight is 180 g/mol. The Balaban J connectivity index is 0. The predicted molar refractivity (Wildman–Crippen MR) is 38.5 cm³/mol. The van der Waals surface area contributed by atoms with Gasteiger partial charge in [0.05, 0.1) is 6.61 Å². The number of hydrogen-bond donors (Lipinski definition) is 4. The van der Waals surface area contributed by atoms with Crippen molar-refractivity contribution in [1.29, 1.82) is 0 Å². The summed E-state index contributed by atoms with van der Waals surface area (Å²) in [5, 5.41) is 31.7. The monoisotopic (exact) mass is 180 g/mol. The molecule has 0 aromatic heterocycles. The highest BCUT2D eigenvalue weighted by Gasteiger charge is 2.01. The first-order valence-electron chi connectivity index (χ1n) is 3.10. The number of aliphatic hydroxyl groups is 3. The van der Waals surface area contributed by atoms with Crippen LogP contribution in [-0.4, -0.2) is 51.5 Å². The average Bonchev–Trinajstić information content (AvgIpc) is 2.04. The standard InChI is InChI=1S/2C3H6O3/c4-1-3(6)2-5;1-2(4)3(5)6/h1,3,5-6H,2H2;2,4H,1H3,(H,5,6). The van der Waals surface area contributed by atoms with Crippen LogP contribution in [0.25, 0.3) is 0 Å². The van der Waals surface area contributed by atoms with Gasteiger partial charge in [-0.25, -0.2) is 4.79 Å². The van der Waals surface area contributed by atoms with Crippen molar-refractivity contribution in [2.45, 2.75) is 19.1 Å². The molecule has 0 saturated heterocycles. The lowest BCUT2D eigenvalue weighted by atomic mass is 10.4. The Morgan fingerprint density at radius 3 is 1.83 bits per heavy atom. The zero-order chi connectivity index (χ0) is 10.1. The summed E-state index contributed by atoms with van der Waals surface area (Å²) in [6, 6.07) is 0. The molecule has 0 aromatic rings. The van der Waals surface area contributed by atoms with Gasteiger partial charge < -0.3 is 25.2 Å². The van der Waals surface area contributed by atoms with Crippen LogP contribution in [0.15, 0.2) is 0 Å². The Morgan fingerprint density at radius 1 is 1.50 bits per heavy atom. The molecule has 0 aliphatic rings. The van der Waals surface area contributed by atoms with Crippen LogP contribution < -0.4 is 0 Å². The van der Waals surface area contributed by atoms with E-state index in [1.54, 1.807) is 0 Å². The van der Waals surface area contributed by atoms with Crippen LogP contribution in [0.2, 0.25) is 0 Å². The Bertz CT molecular complexity index is 132. The lowest BCUT2D eigenvalue weighted by Crippen LogP contribution is -2.13. The Hall–Kier alpha value is -0.980. The van der Waals surface area contributed by atoms with Gasteiger partial charge in [-0.3, -0.25) is 0 Å². The number of aldehydes is 1. The van der Waals surface area contributed by atoms with E-state index in [1.807, 2.05) is 0 Å². The summed E-state index contributed by atoms with van der Waals surface area (Å²) in [7, 11) is 0. The predicted octanol–water partition coefficient (Wildman–Crippen LogP) is -2.01. The van der Waals surface area contributed by atoms with Gasteiger partial charge in [0, 0.05) is 0 Å². The third kappa shape index (κ3) is 11.8. The van der Waals surface area contributed by atoms with Crippen molar-refractivity contribution in [2.75, 3.05) is 6.61 Å². The molecule has 0 heterocycles. The van der Waals surface area contributed by atoms with Crippen LogP contribution in [0, 0.1) is 0 Å². The first kappa shape index (κ1) is 13.6. The van der Waals surface area contributed by atoms with Crippen molar-refractivity contribution in [2.24, 2.45) is 0 Å². The Morgan fingerprint density at radius 2 is 1.83 bits per heavy atom. The minimum Gasteiger partial charge on any atom is -0.479 e. The molecule has 0 spiro atoms. The highest BCUT2D eigenvalue weighted by molar-refractivity contribution is 5.71. The maximum absolute atomic E-state index is 9.45. The summed E-state index contributed by atoms with van der Waals surface area (Å²) in [5.74, 6) is -1.19. The van der Waals surface area contributed by atoms with Gasteiger partial charge in [-0.05, 0) is 6.92 Å². The minimum absolute atomic E-state index is 0.278. The molecule has 72 valence electrons. The summed E-state index contributed by atoms with van der Waals surface area (Å²) in [4.78, 5) is 18.8. The van der Waals surface area contributed by atoms with Crippen LogP contribution in [0.1, 0.15) is 6.92 Å². The number of aliphatic carboxylic acids is 1. The molecule has 2 atom stereocenters. The van der Waals surface area contributed by atoms with E-state index in [0.717, 1.165) is 0 Å². The molecule has 0 aliphatic carbocycles. The zero-order valence-electron chi connectivity index (χ0n) is 6.54. The van der Waals surface area contributed by atoms with Gasteiger partial charge in [-0.1, -0.05) is 0 Å². The molecule has 2 unspecified atom stereocenters. The van der Waals surface area contributed by atoms with E-state index in [-0.39, 0.29) is 6.29 Å². The van der Waals surface area contributed by atoms with Crippen LogP contribution in [0.4, 0.5) is 0 Å². The summed E-state index contributed by atoms with van der Waals surface area (Å²) in [6.45, 7) is 0.714. The van der Waals surface area contributed by atoms with Gasteiger partial charge in [-0.15, -0.1) is 0 Å². The minimum atomic E-state index is -1.23. The highest BCUT2D eigenvalue weighted by atomic mass is 16.4. The maximum atomic E-state index is 9.45. The van der Waals surface area contributed by atoms with Crippen LogP contribution in [-0.2, 0) is 9.59 Å². The largest absolute Gasteiger partial charge is 0.479 e. The summed E-state index contributed by atoms with van der Waals surface area (Å²) < 4.78 is 0. The van der Waals surface area contributed by atoms with E-state index in [0.29, 0.717) is 0 Å². The molecule has 12 heavy (non-hydrogen) atoms. The van der Waals surface area contributed by atoms with Gasteiger partial charge in [-0.2, -0.15) is 0 Å². The van der Waals surface area contributed by atoms with Crippen LogP contribution in [0.5, 0.6) is 0 Å². The van der Waals surface area contributed by atoms with E-state index in [2.05, 4.69) is 0 Å². The summed E-state index contributed by atoms with van der Waals surface area (Å²) >= 11 is 0. The van der Waals surface area contributed by atoms with E-state index in [4.69, 9.17) is 20.4 Å². The fourth-order valence-electron chi connectivity index (χ4n) is 0.0430. The third-order valence-corrected chi connectivity index (χ3v) is 0.702.